The van der Waals surface area contributed by atoms with Gasteiger partial charge in [-0.1, -0.05) is 17.7 Å². The van der Waals surface area contributed by atoms with Crippen molar-refractivity contribution in [2.75, 3.05) is 39.4 Å². The van der Waals surface area contributed by atoms with Crippen LogP contribution in [0.25, 0.3) is 0 Å². The molecule has 0 aromatic heterocycles. The average Bonchev–Trinajstić information content (AvgIpc) is 2.41. The normalized spacial score (nSPS) is 25.3. The van der Waals surface area contributed by atoms with Crippen molar-refractivity contribution >= 4 is 11.9 Å². The van der Waals surface area contributed by atoms with E-state index in [2.05, 4.69) is 42.1 Å². The smallest absolute Gasteiger partial charge is 0.0569 e. The molecule has 1 aromatic rings. The largest absolute Gasteiger partial charge is 0.380 e. The van der Waals surface area contributed by atoms with Gasteiger partial charge in [-0.05, 0) is 56.7 Å². The van der Waals surface area contributed by atoms with Crippen molar-refractivity contribution in [1.82, 2.24) is 9.21 Å². The topological polar surface area (TPSA) is 15.7 Å². The van der Waals surface area contributed by atoms with E-state index in [1.165, 1.54) is 60.6 Å². The Morgan fingerprint density at radius 3 is 2.17 bits per heavy atom. The molecule has 0 aliphatic carbocycles. The summed E-state index contributed by atoms with van der Waals surface area (Å²) in [5, 5.41) is 0. The van der Waals surface area contributed by atoms with Crippen molar-refractivity contribution in [3.05, 3.63) is 28.8 Å². The van der Waals surface area contributed by atoms with Crippen LogP contribution in [0.5, 0.6) is 0 Å². The Morgan fingerprint density at radius 1 is 1.04 bits per heavy atom. The summed E-state index contributed by atoms with van der Waals surface area (Å²) in [7, 11) is 0. The van der Waals surface area contributed by atoms with Crippen LogP contribution in [0, 0.1) is 26.2 Å². The predicted octanol–water partition coefficient (Wildman–Crippen LogP) is 3.42. The molecule has 3 fully saturated rings. The van der Waals surface area contributed by atoms with Crippen molar-refractivity contribution in [2.45, 2.75) is 44.6 Å². The number of nitrogens with zero attached hydrogens (tertiary/aromatic N) is 2. The van der Waals surface area contributed by atoms with Crippen molar-refractivity contribution < 1.29 is 4.74 Å². The molecule has 0 radical (unpaired) electrons. The third-order valence-corrected chi connectivity index (χ3v) is 7.11. The maximum Gasteiger partial charge on any atom is 0.0569 e. The third kappa shape index (κ3) is 3.07. The number of piperidine rings is 1. The Morgan fingerprint density at radius 2 is 1.65 bits per heavy atom. The molecule has 126 valence electrons. The fraction of sp³-hybridized carbons (Fsp3) is 0.684. The maximum atomic E-state index is 5.39. The van der Waals surface area contributed by atoms with Gasteiger partial charge in [-0.25, -0.2) is 4.31 Å². The third-order valence-electron chi connectivity index (χ3n) is 5.66. The first kappa shape index (κ1) is 15.9. The molecular formula is C19H28N2OS. The molecule has 0 amide bonds. The van der Waals surface area contributed by atoms with E-state index < -0.39 is 0 Å². The molecule has 3 heterocycles. The quantitative estimate of drug-likeness (QED) is 0.788. The molecule has 3 nitrogen and oxygen atoms in total. The second kappa shape index (κ2) is 6.07. The summed E-state index contributed by atoms with van der Waals surface area (Å²) < 4.78 is 7.96. The second-order valence-corrected chi connectivity index (χ2v) is 8.98. The molecule has 3 aliphatic rings. The van der Waals surface area contributed by atoms with E-state index in [-0.39, 0.29) is 0 Å². The van der Waals surface area contributed by atoms with Gasteiger partial charge in [0.25, 0.3) is 0 Å². The molecule has 3 saturated heterocycles. The zero-order valence-electron chi connectivity index (χ0n) is 14.6. The molecule has 3 aliphatic heterocycles. The first-order chi connectivity index (χ1) is 11.0. The van der Waals surface area contributed by atoms with Crippen LogP contribution in [-0.4, -0.2) is 54.6 Å². The van der Waals surface area contributed by atoms with E-state index in [0.29, 0.717) is 5.41 Å². The Balaban J connectivity index is 1.30. The van der Waals surface area contributed by atoms with E-state index in [9.17, 15) is 0 Å². The van der Waals surface area contributed by atoms with Gasteiger partial charge in [0, 0.05) is 42.5 Å². The highest BCUT2D eigenvalue weighted by molar-refractivity contribution is 7.97. The Labute approximate surface area is 144 Å². The van der Waals surface area contributed by atoms with Gasteiger partial charge in [0.05, 0.1) is 13.2 Å². The lowest BCUT2D eigenvalue weighted by Crippen LogP contribution is -2.68. The Hall–Kier alpha value is -0.550. The van der Waals surface area contributed by atoms with Crippen LogP contribution in [0.4, 0.5) is 0 Å². The Bertz CT molecular complexity index is 560. The summed E-state index contributed by atoms with van der Waals surface area (Å²) in [6.45, 7) is 13.7. The van der Waals surface area contributed by atoms with Crippen LogP contribution in [0.1, 0.15) is 29.5 Å². The molecule has 4 heteroatoms. The Kier molecular flexibility index (Phi) is 4.21. The summed E-state index contributed by atoms with van der Waals surface area (Å²) in [5.41, 5.74) is 4.77. The van der Waals surface area contributed by atoms with E-state index in [4.69, 9.17) is 4.74 Å². The fourth-order valence-corrected chi connectivity index (χ4v) is 5.44. The first-order valence-electron chi connectivity index (χ1n) is 8.87. The van der Waals surface area contributed by atoms with Crippen LogP contribution in [0.3, 0.4) is 0 Å². The number of rotatable bonds is 3. The molecular weight excluding hydrogens is 304 g/mol. The lowest BCUT2D eigenvalue weighted by Gasteiger charge is -2.58. The minimum atomic E-state index is 0.558. The molecule has 0 bridgehead atoms. The molecule has 0 unspecified atom stereocenters. The lowest BCUT2D eigenvalue weighted by atomic mass is 9.76. The standard InChI is InChI=1S/C19H28N2OS/c1-14-8-15(2)18(16(3)9-14)23-21-6-4-17(5-7-21)20-10-19(11-20)12-22-13-19/h8-9,17H,4-7,10-13H2,1-3H3. The number of benzene rings is 1. The highest BCUT2D eigenvalue weighted by atomic mass is 32.2. The van der Waals surface area contributed by atoms with E-state index in [1.807, 2.05) is 11.9 Å². The lowest BCUT2D eigenvalue weighted by molar-refractivity contribution is -0.200. The van der Waals surface area contributed by atoms with Crippen LogP contribution in [-0.2, 0) is 4.74 Å². The van der Waals surface area contributed by atoms with Crippen molar-refractivity contribution in [3.8, 4) is 0 Å². The second-order valence-electron chi connectivity index (χ2n) is 7.88. The average molecular weight is 333 g/mol. The van der Waals surface area contributed by atoms with Crippen molar-refractivity contribution in [3.63, 3.8) is 0 Å². The molecule has 0 atom stereocenters. The van der Waals surface area contributed by atoms with Gasteiger partial charge < -0.3 is 4.74 Å². The van der Waals surface area contributed by atoms with E-state index in [1.54, 1.807) is 0 Å². The van der Waals surface area contributed by atoms with E-state index >= 15 is 0 Å². The maximum absolute atomic E-state index is 5.39. The molecule has 23 heavy (non-hydrogen) atoms. The van der Waals surface area contributed by atoms with Crippen LogP contribution >= 0.6 is 11.9 Å². The molecule has 1 aromatic carbocycles. The highest BCUT2D eigenvalue weighted by Crippen LogP contribution is 2.41. The number of hydrogen-bond acceptors (Lipinski definition) is 4. The fourth-order valence-electron chi connectivity index (χ4n) is 4.39. The predicted molar refractivity (Wildman–Crippen MR) is 95.9 cm³/mol. The summed E-state index contributed by atoms with van der Waals surface area (Å²) in [6.07, 6.45) is 2.63. The molecule has 0 saturated carbocycles. The van der Waals surface area contributed by atoms with Crippen molar-refractivity contribution in [1.29, 1.82) is 0 Å². The minimum absolute atomic E-state index is 0.558. The van der Waals surface area contributed by atoms with Gasteiger partial charge in [0.15, 0.2) is 0 Å². The van der Waals surface area contributed by atoms with Crippen molar-refractivity contribution in [2.24, 2.45) is 5.41 Å². The van der Waals surface area contributed by atoms with Crippen LogP contribution < -0.4 is 0 Å². The van der Waals surface area contributed by atoms with Gasteiger partial charge >= 0.3 is 0 Å². The number of aryl methyl sites for hydroxylation is 3. The first-order valence-corrected chi connectivity index (χ1v) is 9.65. The summed E-state index contributed by atoms with van der Waals surface area (Å²) in [5.74, 6) is 0. The zero-order valence-corrected chi connectivity index (χ0v) is 15.4. The zero-order chi connectivity index (χ0) is 16.0. The number of ether oxygens (including phenoxy) is 1. The van der Waals surface area contributed by atoms with Crippen LogP contribution in [0.2, 0.25) is 0 Å². The van der Waals surface area contributed by atoms with Gasteiger partial charge in [-0.3, -0.25) is 4.90 Å². The molecule has 0 N–H and O–H groups in total. The summed E-state index contributed by atoms with van der Waals surface area (Å²) in [6, 6.07) is 5.42. The minimum Gasteiger partial charge on any atom is -0.380 e. The molecule has 1 spiro atoms. The number of hydrogen-bond donors (Lipinski definition) is 0. The van der Waals surface area contributed by atoms with E-state index in [0.717, 1.165) is 19.3 Å². The monoisotopic (exact) mass is 332 g/mol. The highest BCUT2D eigenvalue weighted by Gasteiger charge is 2.50. The summed E-state index contributed by atoms with van der Waals surface area (Å²) in [4.78, 5) is 4.16. The SMILES string of the molecule is Cc1cc(C)c(SN2CCC(N3CC4(COC4)C3)CC2)c(C)c1. The van der Waals surface area contributed by atoms with Crippen LogP contribution in [0.15, 0.2) is 17.0 Å². The molecule has 4 rings (SSSR count). The summed E-state index contributed by atoms with van der Waals surface area (Å²) >= 11 is 1.98. The van der Waals surface area contributed by atoms with Gasteiger partial charge in [0.2, 0.25) is 0 Å². The number of likely N-dealkylation sites (tertiary alicyclic amines) is 1. The van der Waals surface area contributed by atoms with Gasteiger partial charge in [-0.2, -0.15) is 0 Å². The van der Waals surface area contributed by atoms with Gasteiger partial charge in [0.1, 0.15) is 0 Å². The van der Waals surface area contributed by atoms with Gasteiger partial charge in [-0.15, -0.1) is 0 Å².